The molecule has 8 N–H and O–H groups in total. The van der Waals surface area contributed by atoms with Gasteiger partial charge in [0.25, 0.3) is 5.56 Å². The molecular weight excluding hydrogens is 1300 g/mol. The van der Waals surface area contributed by atoms with E-state index in [1.807, 2.05) is 6.26 Å². The molecule has 0 aliphatic carbocycles. The van der Waals surface area contributed by atoms with Crippen LogP contribution in [-0.4, -0.2) is 147 Å². The number of carbonyl (C=O) groups is 2. The molecule has 476 valence electrons. The summed E-state index contributed by atoms with van der Waals surface area (Å²) in [5.41, 5.74) is -0.716. The number of carbonyl (C=O) groups excluding carboxylic acids is 2. The molecule has 3 aromatic carbocycles. The maximum atomic E-state index is 13.7. The highest BCUT2D eigenvalue weighted by atomic mass is 32.2. The van der Waals surface area contributed by atoms with Crippen molar-refractivity contribution in [3.8, 4) is 0 Å². The van der Waals surface area contributed by atoms with Gasteiger partial charge in [-0.3, -0.25) is 38.6 Å². The zero-order chi connectivity index (χ0) is 63.0. The van der Waals surface area contributed by atoms with Crippen molar-refractivity contribution in [2.24, 2.45) is 0 Å². The van der Waals surface area contributed by atoms with Gasteiger partial charge in [-0.2, -0.15) is 37.9 Å². The predicted octanol–water partition coefficient (Wildman–Crippen LogP) is 7.06. The summed E-state index contributed by atoms with van der Waals surface area (Å²) in [6.45, 7) is -2.10. The van der Waals surface area contributed by atoms with Crippen LogP contribution in [0.15, 0.2) is 124 Å². The zero-order valence-electron chi connectivity index (χ0n) is 45.1. The molecule has 3 saturated heterocycles. The Morgan fingerprint density at radius 3 is 1.84 bits per heavy atom. The Hall–Kier alpha value is -5.88. The van der Waals surface area contributed by atoms with Crippen LogP contribution in [0, 0.1) is 0 Å². The van der Waals surface area contributed by atoms with Gasteiger partial charge in [0.2, 0.25) is 0 Å². The van der Waals surface area contributed by atoms with Gasteiger partial charge in [0.15, 0.2) is 53.1 Å². The number of fused-ring (bicyclic) bond motifs is 2. The second-order valence-electron chi connectivity index (χ2n) is 18.7. The van der Waals surface area contributed by atoms with Gasteiger partial charge in [-0.1, -0.05) is 78.5 Å². The van der Waals surface area contributed by atoms with Gasteiger partial charge in [-0.15, -0.1) is 0 Å². The lowest BCUT2D eigenvalue weighted by Gasteiger charge is -2.25. The number of nitrogens with zero attached hydrogens (tertiary/aromatic N) is 5. The topological polar surface area (TPSA) is 419 Å². The number of benzene rings is 3. The van der Waals surface area contributed by atoms with Crippen LogP contribution in [0.1, 0.15) is 24.4 Å². The third kappa shape index (κ3) is 18.2. The smallest absolute Gasteiger partial charge is 0.439 e. The van der Waals surface area contributed by atoms with Crippen molar-refractivity contribution < 1.29 is 111 Å². The molecule has 3 fully saturated rings. The lowest BCUT2D eigenvalue weighted by atomic mass is 10.1. The summed E-state index contributed by atoms with van der Waals surface area (Å²) in [7, 11) is -25.0. The fourth-order valence-corrected chi connectivity index (χ4v) is 14.9. The van der Waals surface area contributed by atoms with E-state index in [1.165, 1.54) is 36.0 Å². The van der Waals surface area contributed by atoms with Crippen molar-refractivity contribution in [2.45, 2.75) is 79.5 Å². The van der Waals surface area contributed by atoms with Gasteiger partial charge in [-0.25, -0.2) is 47.6 Å². The van der Waals surface area contributed by atoms with Gasteiger partial charge >= 0.3 is 55.3 Å². The third-order valence-electron chi connectivity index (χ3n) is 12.4. The number of nitrogens with one attached hydrogen (secondary N) is 4. The number of para-hydroxylation sites is 2. The molecule has 9 rings (SSSR count). The molecular formula is C47H52F3N9O23P4S2. The highest BCUT2D eigenvalue weighted by Crippen LogP contribution is 2.71. The molecule has 2 amide bonds. The van der Waals surface area contributed by atoms with Crippen LogP contribution >= 0.6 is 54.8 Å². The largest absolute Gasteiger partial charge is 0.490 e. The maximum Gasteiger partial charge on any atom is 0.490 e. The molecule has 3 aliphatic rings. The number of anilines is 3. The first kappa shape index (κ1) is 66.5. The number of ether oxygens (including phenoxy) is 6. The number of phosphoric acid groups is 4. The summed E-state index contributed by atoms with van der Waals surface area (Å²) in [5, 5.41) is 7.78. The Bertz CT molecular complexity index is 3740. The standard InChI is InChI=1S/C47H52F3N9O23P4S2/c1-87-22-19-51-39-34-40(57-43(56-39)88-21-18-47(48,49)50)59(26-52-34)42-38(79-46(63)54-29-15-9-4-10-16-29)36(78-45(62)53-28-13-7-3-8-14-28)31(75-42)25-73-84(66,67)81-86(70,71)82-85(68,69)80-83(64,65)72-24-30-35-37(41(74-30)58-20-17-32(60)55-44(58)61)77-33(76-35)23-27-11-5-2-6-12-27/h2-17,20,26,30-31,33,35-38,41-42H,18-19,21-25H2,1H3,(H,53,62)(H,54,63)(H,64,65)(H,66,67)(H,68,69)(H,70,71)(H,51,56,57)(H,55,60,61)/t30-,31+,33?,35-,36+,37-,38+,41-,42+/m0/s1. The monoisotopic (exact) mass is 1360 g/mol. The number of H-pyrrole nitrogens is 1. The summed E-state index contributed by atoms with van der Waals surface area (Å²) in [5.74, 6) is 0.0692. The van der Waals surface area contributed by atoms with E-state index in [9.17, 15) is 70.2 Å². The van der Waals surface area contributed by atoms with Gasteiger partial charge in [-0.05, 0) is 36.1 Å². The number of aromatic nitrogens is 6. The molecule has 41 heteroatoms. The lowest BCUT2D eigenvalue weighted by molar-refractivity contribution is -0.150. The number of alkyl halides is 3. The number of phosphoric ester groups is 2. The van der Waals surface area contributed by atoms with Crippen molar-refractivity contribution >= 4 is 95.4 Å². The van der Waals surface area contributed by atoms with Crippen molar-refractivity contribution in [1.82, 2.24) is 29.1 Å². The summed E-state index contributed by atoms with van der Waals surface area (Å²) in [6, 6.07) is 25.2. The fourth-order valence-electron chi connectivity index (χ4n) is 8.81. The number of rotatable bonds is 27. The molecule has 0 saturated carbocycles. The molecule has 5 unspecified atom stereocenters. The van der Waals surface area contributed by atoms with E-state index in [4.69, 9.17) is 37.5 Å². The van der Waals surface area contributed by atoms with E-state index in [-0.39, 0.29) is 46.5 Å². The molecule has 88 heavy (non-hydrogen) atoms. The quantitative estimate of drug-likeness (QED) is 0.0111. The molecule has 6 aromatic rings. The summed E-state index contributed by atoms with van der Waals surface area (Å²) in [4.78, 5) is 110. The number of hydrogen-bond acceptors (Lipinski definition) is 25. The van der Waals surface area contributed by atoms with Gasteiger partial charge in [0, 0.05) is 48.1 Å². The Balaban J connectivity index is 0.922. The Kier molecular flexibility index (Phi) is 21.6. The second-order valence-corrected chi connectivity index (χ2v) is 27.0. The Morgan fingerprint density at radius 1 is 0.693 bits per heavy atom. The molecule has 32 nitrogen and oxygen atoms in total. The molecule has 6 heterocycles. The van der Waals surface area contributed by atoms with Crippen molar-refractivity contribution in [3.05, 3.63) is 136 Å². The summed E-state index contributed by atoms with van der Waals surface area (Å²) < 4.78 is 153. The number of thioether (sulfide) groups is 2. The minimum absolute atomic E-state index is 0.0107. The van der Waals surface area contributed by atoms with Gasteiger partial charge in [0.1, 0.15) is 24.4 Å². The first-order valence-corrected chi connectivity index (χ1v) is 34.0. The van der Waals surface area contributed by atoms with Crippen LogP contribution in [0.5, 0.6) is 0 Å². The van der Waals surface area contributed by atoms with Gasteiger partial charge in [0.05, 0.1) is 26.0 Å². The summed E-state index contributed by atoms with van der Waals surface area (Å²) in [6.07, 6.45) is -17.7. The number of hydrogen-bond donors (Lipinski definition) is 8. The normalized spacial score (nSPS) is 24.5. The highest BCUT2D eigenvalue weighted by molar-refractivity contribution is 7.99. The van der Waals surface area contributed by atoms with Crippen LogP contribution < -0.4 is 27.2 Å². The second kappa shape index (κ2) is 28.5. The van der Waals surface area contributed by atoms with E-state index in [0.717, 1.165) is 33.3 Å². The summed E-state index contributed by atoms with van der Waals surface area (Å²) >= 11 is 2.08. The van der Waals surface area contributed by atoms with Gasteiger partial charge < -0.3 is 53.3 Å². The van der Waals surface area contributed by atoms with E-state index >= 15 is 0 Å². The zero-order valence-corrected chi connectivity index (χ0v) is 50.3. The van der Waals surface area contributed by atoms with Crippen molar-refractivity contribution in [2.75, 3.05) is 53.5 Å². The third-order valence-corrected chi connectivity index (χ3v) is 19.8. The molecule has 3 aromatic heterocycles. The first-order valence-electron chi connectivity index (χ1n) is 25.7. The predicted molar refractivity (Wildman–Crippen MR) is 302 cm³/mol. The first-order chi connectivity index (χ1) is 41.7. The Labute approximate surface area is 502 Å². The average molecular weight is 1360 g/mol. The molecule has 3 aliphatic heterocycles. The maximum absolute atomic E-state index is 13.7. The number of imidazole rings is 1. The molecule has 0 spiro atoms. The van der Waals surface area contributed by atoms with E-state index in [2.05, 4.69) is 48.8 Å². The van der Waals surface area contributed by atoms with Crippen LogP contribution in [0.4, 0.5) is 40.0 Å². The molecule has 13 atom stereocenters. The van der Waals surface area contributed by atoms with Crippen LogP contribution in [0.3, 0.4) is 0 Å². The van der Waals surface area contributed by atoms with Crippen LogP contribution in [-0.2, 0) is 75.1 Å². The van der Waals surface area contributed by atoms with Crippen molar-refractivity contribution in [1.29, 1.82) is 0 Å². The highest BCUT2D eigenvalue weighted by Gasteiger charge is 2.56. The van der Waals surface area contributed by atoms with E-state index < -0.39 is 142 Å². The minimum atomic E-state index is -6.48. The fraction of sp³-hybridized carbons (Fsp3) is 0.383. The minimum Gasteiger partial charge on any atom is -0.439 e. The van der Waals surface area contributed by atoms with Crippen LogP contribution in [0.2, 0.25) is 0 Å². The lowest BCUT2D eigenvalue weighted by Crippen LogP contribution is -2.42. The van der Waals surface area contributed by atoms with E-state index in [0.29, 0.717) is 17.5 Å². The molecule has 0 radical (unpaired) electrons. The number of halogens is 3. The number of amides is 2. The van der Waals surface area contributed by atoms with Crippen molar-refractivity contribution in [3.63, 3.8) is 0 Å². The molecule has 0 bridgehead atoms. The Morgan fingerprint density at radius 2 is 1.25 bits per heavy atom. The SMILES string of the molecule is CSCCNc1nc(SCCC(F)(F)F)nc2c1ncn2[C@@H]1O[C@H](COP(=O)(O)OP(=O)(O)OP(=O)(O)OP(=O)(O)OC[C@@H]2O[C@H](n3ccc(=O)[nH]c3=O)[C@H]3OC(Cc4ccccc4)O[C@H]32)[C@@H](OC(=O)Nc2ccccc2)[C@H]1OC(=O)Nc1ccccc1. The van der Waals surface area contributed by atoms with Crippen LogP contribution in [0.25, 0.3) is 11.2 Å². The number of aromatic amines is 1. The average Bonchev–Trinajstić information content (AvgIpc) is 3.18. The van der Waals surface area contributed by atoms with E-state index in [1.54, 1.807) is 66.7 Å².